The molecule has 12 heavy (non-hydrogen) atoms. The van der Waals surface area contributed by atoms with E-state index < -0.39 is 0 Å². The molecule has 0 spiro atoms. The Morgan fingerprint density at radius 3 is 2.33 bits per heavy atom. The first kappa shape index (κ1) is 9.53. The molecule has 1 heterocycles. The average molecular weight is 184 g/mol. The first-order valence-corrected chi connectivity index (χ1v) is 4.41. The fourth-order valence-electron chi connectivity index (χ4n) is 1.31. The molecule has 0 radical (unpaired) electrons. The van der Waals surface area contributed by atoms with E-state index in [1.54, 1.807) is 0 Å². The second-order valence-electron chi connectivity index (χ2n) is 4.07. The monoisotopic (exact) mass is 183 g/mol. The number of hydrogen-bond acceptors (Lipinski definition) is 1. The van der Waals surface area contributed by atoms with Gasteiger partial charge in [0.1, 0.15) is 5.15 Å². The Bertz CT molecular complexity index is 286. The number of nitrogens with zero attached hydrogens (tertiary/aromatic N) is 1. The molecule has 2 heteroatoms. The van der Waals surface area contributed by atoms with E-state index in [0.29, 0.717) is 5.15 Å². The first-order valence-electron chi connectivity index (χ1n) is 4.04. The molecule has 1 rings (SSSR count). The SMILES string of the molecule is Cc1cc(Cl)ncc1C(C)(C)C. The lowest BCUT2D eigenvalue weighted by atomic mass is 9.85. The maximum atomic E-state index is 5.76. The van der Waals surface area contributed by atoms with Crippen molar-refractivity contribution >= 4 is 11.6 Å². The van der Waals surface area contributed by atoms with Gasteiger partial charge in [-0.1, -0.05) is 32.4 Å². The van der Waals surface area contributed by atoms with Crippen molar-refractivity contribution in [3.8, 4) is 0 Å². The fourth-order valence-corrected chi connectivity index (χ4v) is 1.52. The number of halogens is 1. The Balaban J connectivity index is 3.19. The molecule has 1 aromatic heterocycles. The summed E-state index contributed by atoms with van der Waals surface area (Å²) in [5, 5.41) is 0.570. The molecule has 0 N–H and O–H groups in total. The summed E-state index contributed by atoms with van der Waals surface area (Å²) in [6.07, 6.45) is 1.86. The predicted octanol–water partition coefficient (Wildman–Crippen LogP) is 3.34. The standard InChI is InChI=1S/C10H14ClN/c1-7-5-9(11)12-6-8(7)10(2,3)4/h5-6H,1-4H3. The molecular weight excluding hydrogens is 170 g/mol. The summed E-state index contributed by atoms with van der Waals surface area (Å²) in [6.45, 7) is 8.58. The fraction of sp³-hybridized carbons (Fsp3) is 0.500. The Hall–Kier alpha value is -0.560. The van der Waals surface area contributed by atoms with Gasteiger partial charge >= 0.3 is 0 Å². The van der Waals surface area contributed by atoms with Gasteiger partial charge < -0.3 is 0 Å². The van der Waals surface area contributed by atoms with Crippen LogP contribution in [0.1, 0.15) is 31.9 Å². The molecule has 0 unspecified atom stereocenters. The van der Waals surface area contributed by atoms with Crippen molar-refractivity contribution in [2.24, 2.45) is 0 Å². The smallest absolute Gasteiger partial charge is 0.129 e. The summed E-state index contributed by atoms with van der Waals surface area (Å²) in [5.74, 6) is 0. The number of hydrogen-bond donors (Lipinski definition) is 0. The second kappa shape index (κ2) is 3.06. The van der Waals surface area contributed by atoms with E-state index in [2.05, 4.69) is 32.7 Å². The zero-order chi connectivity index (χ0) is 9.35. The minimum Gasteiger partial charge on any atom is -0.244 e. The van der Waals surface area contributed by atoms with Crippen LogP contribution in [0, 0.1) is 6.92 Å². The summed E-state index contributed by atoms with van der Waals surface area (Å²) < 4.78 is 0. The van der Waals surface area contributed by atoms with Crippen LogP contribution in [0.5, 0.6) is 0 Å². The quantitative estimate of drug-likeness (QED) is 0.563. The van der Waals surface area contributed by atoms with Crippen LogP contribution >= 0.6 is 11.6 Å². The summed E-state index contributed by atoms with van der Waals surface area (Å²) in [7, 11) is 0. The van der Waals surface area contributed by atoms with E-state index in [-0.39, 0.29) is 5.41 Å². The van der Waals surface area contributed by atoms with Crippen molar-refractivity contribution in [1.29, 1.82) is 0 Å². The zero-order valence-electron chi connectivity index (χ0n) is 7.98. The third kappa shape index (κ3) is 1.98. The average Bonchev–Trinajstić information content (AvgIpc) is 1.83. The Kier molecular flexibility index (Phi) is 2.43. The molecule has 0 aliphatic heterocycles. The van der Waals surface area contributed by atoms with Gasteiger partial charge in [-0.15, -0.1) is 0 Å². The highest BCUT2D eigenvalue weighted by atomic mass is 35.5. The van der Waals surface area contributed by atoms with Gasteiger partial charge in [0.25, 0.3) is 0 Å². The highest BCUT2D eigenvalue weighted by Crippen LogP contribution is 2.25. The van der Waals surface area contributed by atoms with Gasteiger partial charge in [-0.05, 0) is 29.5 Å². The minimum atomic E-state index is 0.154. The van der Waals surface area contributed by atoms with Crippen LogP contribution in [0.2, 0.25) is 5.15 Å². The van der Waals surface area contributed by atoms with E-state index in [1.807, 2.05) is 12.3 Å². The largest absolute Gasteiger partial charge is 0.244 e. The van der Waals surface area contributed by atoms with Crippen LogP contribution in [0.4, 0.5) is 0 Å². The topological polar surface area (TPSA) is 12.9 Å². The van der Waals surface area contributed by atoms with Gasteiger partial charge in [-0.2, -0.15) is 0 Å². The molecule has 1 nitrogen and oxygen atoms in total. The molecule has 0 aromatic carbocycles. The Labute approximate surface area is 78.8 Å². The van der Waals surface area contributed by atoms with E-state index in [1.165, 1.54) is 11.1 Å². The van der Waals surface area contributed by atoms with Crippen LogP contribution in [0.25, 0.3) is 0 Å². The second-order valence-corrected chi connectivity index (χ2v) is 4.46. The van der Waals surface area contributed by atoms with E-state index >= 15 is 0 Å². The van der Waals surface area contributed by atoms with Crippen LogP contribution < -0.4 is 0 Å². The highest BCUT2D eigenvalue weighted by Gasteiger charge is 2.16. The lowest BCUT2D eigenvalue weighted by Gasteiger charge is -2.20. The van der Waals surface area contributed by atoms with Crippen molar-refractivity contribution in [3.63, 3.8) is 0 Å². The normalized spacial score (nSPS) is 11.8. The van der Waals surface area contributed by atoms with Gasteiger partial charge in [-0.3, -0.25) is 0 Å². The van der Waals surface area contributed by atoms with Gasteiger partial charge in [0, 0.05) is 6.20 Å². The molecule has 0 aliphatic rings. The third-order valence-corrected chi connectivity index (χ3v) is 2.09. The molecule has 0 fully saturated rings. The molecule has 0 saturated carbocycles. The Morgan fingerprint density at radius 1 is 1.33 bits per heavy atom. The third-order valence-electron chi connectivity index (χ3n) is 1.89. The molecule has 66 valence electrons. The Morgan fingerprint density at radius 2 is 1.92 bits per heavy atom. The summed E-state index contributed by atoms with van der Waals surface area (Å²) in [5.41, 5.74) is 2.62. The summed E-state index contributed by atoms with van der Waals surface area (Å²) in [4.78, 5) is 4.07. The minimum absolute atomic E-state index is 0.154. The molecule has 0 atom stereocenters. The summed E-state index contributed by atoms with van der Waals surface area (Å²) >= 11 is 5.76. The number of pyridine rings is 1. The maximum Gasteiger partial charge on any atom is 0.129 e. The lowest BCUT2D eigenvalue weighted by molar-refractivity contribution is 0.583. The number of aryl methyl sites for hydroxylation is 1. The number of rotatable bonds is 0. The number of aromatic nitrogens is 1. The zero-order valence-corrected chi connectivity index (χ0v) is 8.74. The van der Waals surface area contributed by atoms with Crippen LogP contribution in [0.15, 0.2) is 12.3 Å². The molecule has 0 saturated heterocycles. The van der Waals surface area contributed by atoms with Crippen molar-refractivity contribution in [2.45, 2.75) is 33.1 Å². The van der Waals surface area contributed by atoms with Gasteiger partial charge in [-0.25, -0.2) is 4.98 Å². The molecule has 0 aliphatic carbocycles. The van der Waals surface area contributed by atoms with Gasteiger partial charge in [0.05, 0.1) is 0 Å². The van der Waals surface area contributed by atoms with Crippen molar-refractivity contribution in [2.75, 3.05) is 0 Å². The summed E-state index contributed by atoms with van der Waals surface area (Å²) in [6, 6.07) is 1.90. The van der Waals surface area contributed by atoms with E-state index in [0.717, 1.165) is 0 Å². The van der Waals surface area contributed by atoms with E-state index in [4.69, 9.17) is 11.6 Å². The van der Waals surface area contributed by atoms with Crippen LogP contribution in [-0.4, -0.2) is 4.98 Å². The van der Waals surface area contributed by atoms with E-state index in [9.17, 15) is 0 Å². The van der Waals surface area contributed by atoms with Gasteiger partial charge in [0.2, 0.25) is 0 Å². The molecular formula is C10H14ClN. The molecule has 1 aromatic rings. The highest BCUT2D eigenvalue weighted by molar-refractivity contribution is 6.29. The van der Waals surface area contributed by atoms with Crippen molar-refractivity contribution in [3.05, 3.63) is 28.5 Å². The van der Waals surface area contributed by atoms with Gasteiger partial charge in [0.15, 0.2) is 0 Å². The lowest BCUT2D eigenvalue weighted by Crippen LogP contribution is -2.13. The van der Waals surface area contributed by atoms with Crippen molar-refractivity contribution in [1.82, 2.24) is 4.98 Å². The predicted molar refractivity (Wildman–Crippen MR) is 52.7 cm³/mol. The molecule has 0 bridgehead atoms. The van der Waals surface area contributed by atoms with Crippen LogP contribution in [0.3, 0.4) is 0 Å². The maximum absolute atomic E-state index is 5.76. The first-order chi connectivity index (χ1) is 5.41. The van der Waals surface area contributed by atoms with Crippen LogP contribution in [-0.2, 0) is 5.41 Å². The van der Waals surface area contributed by atoms with Crippen molar-refractivity contribution < 1.29 is 0 Å². The molecule has 0 amide bonds.